The minimum absolute atomic E-state index is 0.252. The Labute approximate surface area is 139 Å². The van der Waals surface area contributed by atoms with Gasteiger partial charge in [-0.25, -0.2) is 0 Å². The Morgan fingerprint density at radius 2 is 1.86 bits per heavy atom. The van der Waals surface area contributed by atoms with Crippen LogP contribution in [0.3, 0.4) is 0 Å². The van der Waals surface area contributed by atoms with Gasteiger partial charge < -0.3 is 15.0 Å². The molecule has 0 radical (unpaired) electrons. The average Bonchev–Trinajstić information content (AvgIpc) is 2.83. The van der Waals surface area contributed by atoms with E-state index in [9.17, 15) is 4.79 Å². The summed E-state index contributed by atoms with van der Waals surface area (Å²) in [6.45, 7) is 6.76. The van der Waals surface area contributed by atoms with E-state index in [-0.39, 0.29) is 10.8 Å². The zero-order valence-electron chi connectivity index (χ0n) is 14.2. The monoisotopic (exact) mass is 328 g/mol. The van der Waals surface area contributed by atoms with Gasteiger partial charge in [-0.2, -0.15) is 11.8 Å². The van der Waals surface area contributed by atoms with Gasteiger partial charge in [0.2, 0.25) is 5.91 Å². The standard InChI is InChI=1S/C17H32N2O2S/c1-15(13-16(20)19-9-5-3-4-6-10-19)18-14-17(22-2)7-11-21-12-8-17/h15,18H,3-14H2,1-2H3/t15-/m0/s1. The molecular formula is C17H32N2O2S. The van der Waals surface area contributed by atoms with E-state index in [0.29, 0.717) is 12.3 Å². The molecule has 0 bridgehead atoms. The Morgan fingerprint density at radius 3 is 2.45 bits per heavy atom. The van der Waals surface area contributed by atoms with Crippen LogP contribution >= 0.6 is 11.8 Å². The summed E-state index contributed by atoms with van der Waals surface area (Å²) in [7, 11) is 0. The topological polar surface area (TPSA) is 41.6 Å². The van der Waals surface area contributed by atoms with Crippen molar-refractivity contribution in [2.75, 3.05) is 39.1 Å². The van der Waals surface area contributed by atoms with E-state index in [4.69, 9.17) is 4.74 Å². The summed E-state index contributed by atoms with van der Waals surface area (Å²) in [6.07, 6.45) is 9.92. The summed E-state index contributed by atoms with van der Waals surface area (Å²) in [5.74, 6) is 0.326. The summed E-state index contributed by atoms with van der Waals surface area (Å²) >= 11 is 1.95. The van der Waals surface area contributed by atoms with E-state index in [0.717, 1.165) is 45.7 Å². The van der Waals surface area contributed by atoms with E-state index < -0.39 is 0 Å². The van der Waals surface area contributed by atoms with Crippen LogP contribution in [0.2, 0.25) is 0 Å². The van der Waals surface area contributed by atoms with Crippen molar-refractivity contribution in [2.24, 2.45) is 0 Å². The molecule has 2 heterocycles. The van der Waals surface area contributed by atoms with Gasteiger partial charge in [0.05, 0.1) is 0 Å². The fourth-order valence-corrected chi connectivity index (χ4v) is 4.14. The molecule has 1 amide bonds. The van der Waals surface area contributed by atoms with E-state index in [2.05, 4.69) is 23.4 Å². The number of thioether (sulfide) groups is 1. The second-order valence-corrected chi connectivity index (χ2v) is 8.05. The van der Waals surface area contributed by atoms with Gasteiger partial charge in [-0.15, -0.1) is 0 Å². The van der Waals surface area contributed by atoms with Crippen LogP contribution in [-0.2, 0) is 9.53 Å². The largest absolute Gasteiger partial charge is 0.381 e. The van der Waals surface area contributed by atoms with Crippen LogP contribution in [0.15, 0.2) is 0 Å². The normalized spacial score (nSPS) is 23.8. The van der Waals surface area contributed by atoms with Gasteiger partial charge in [-0.05, 0) is 38.9 Å². The predicted octanol–water partition coefficient (Wildman–Crippen LogP) is 2.67. The lowest BCUT2D eigenvalue weighted by atomic mass is 9.98. The molecule has 128 valence electrons. The zero-order chi connectivity index (χ0) is 15.8. The van der Waals surface area contributed by atoms with Crippen molar-refractivity contribution in [3.05, 3.63) is 0 Å². The summed E-state index contributed by atoms with van der Waals surface area (Å²) in [5.41, 5.74) is 0. The first-order chi connectivity index (χ1) is 10.7. The number of rotatable bonds is 6. The van der Waals surface area contributed by atoms with Gasteiger partial charge in [0.25, 0.3) is 0 Å². The molecule has 2 aliphatic rings. The number of hydrogen-bond donors (Lipinski definition) is 1. The van der Waals surface area contributed by atoms with E-state index in [1.807, 2.05) is 11.8 Å². The fourth-order valence-electron chi connectivity index (χ4n) is 3.34. The maximum atomic E-state index is 12.4. The van der Waals surface area contributed by atoms with Crippen molar-refractivity contribution < 1.29 is 9.53 Å². The van der Waals surface area contributed by atoms with Crippen molar-refractivity contribution in [1.82, 2.24) is 10.2 Å². The molecule has 0 saturated carbocycles. The number of ether oxygens (including phenoxy) is 1. The maximum absolute atomic E-state index is 12.4. The van der Waals surface area contributed by atoms with Crippen molar-refractivity contribution >= 4 is 17.7 Å². The maximum Gasteiger partial charge on any atom is 0.224 e. The molecule has 0 unspecified atom stereocenters. The van der Waals surface area contributed by atoms with Gasteiger partial charge in [0.15, 0.2) is 0 Å². The number of likely N-dealkylation sites (tertiary alicyclic amines) is 1. The lowest BCUT2D eigenvalue weighted by molar-refractivity contribution is -0.131. The molecule has 4 nitrogen and oxygen atoms in total. The number of carbonyl (C=O) groups is 1. The number of amides is 1. The average molecular weight is 329 g/mol. The Bertz CT molecular complexity index is 338. The molecule has 1 atom stereocenters. The summed E-state index contributed by atoms with van der Waals surface area (Å²) in [6, 6.07) is 0.252. The van der Waals surface area contributed by atoms with Gasteiger partial charge in [-0.1, -0.05) is 12.8 Å². The molecule has 0 aromatic carbocycles. The molecule has 0 spiro atoms. The molecule has 0 aliphatic carbocycles. The number of nitrogens with zero attached hydrogens (tertiary/aromatic N) is 1. The Morgan fingerprint density at radius 1 is 1.23 bits per heavy atom. The van der Waals surface area contributed by atoms with Gasteiger partial charge in [0.1, 0.15) is 0 Å². The van der Waals surface area contributed by atoms with Gasteiger partial charge in [0, 0.05) is 50.1 Å². The van der Waals surface area contributed by atoms with Crippen LogP contribution in [0.5, 0.6) is 0 Å². The van der Waals surface area contributed by atoms with Crippen molar-refractivity contribution in [1.29, 1.82) is 0 Å². The van der Waals surface area contributed by atoms with Crippen molar-refractivity contribution in [3.8, 4) is 0 Å². The van der Waals surface area contributed by atoms with E-state index in [1.54, 1.807) is 0 Å². The SMILES string of the molecule is CSC1(CN[C@@H](C)CC(=O)N2CCCCCC2)CCOCC1. The number of carbonyl (C=O) groups excluding carboxylic acids is 1. The highest BCUT2D eigenvalue weighted by molar-refractivity contribution is 8.00. The lowest BCUT2D eigenvalue weighted by Crippen LogP contribution is -2.46. The molecule has 2 aliphatic heterocycles. The van der Waals surface area contributed by atoms with E-state index >= 15 is 0 Å². The highest BCUT2D eigenvalue weighted by Crippen LogP contribution is 2.33. The third kappa shape index (κ3) is 5.43. The molecule has 2 rings (SSSR count). The smallest absolute Gasteiger partial charge is 0.224 e. The summed E-state index contributed by atoms with van der Waals surface area (Å²) < 4.78 is 5.78. The summed E-state index contributed by atoms with van der Waals surface area (Å²) in [4.78, 5) is 14.5. The second kappa shape index (κ2) is 9.14. The van der Waals surface area contributed by atoms with Crippen LogP contribution < -0.4 is 5.32 Å². The highest BCUT2D eigenvalue weighted by atomic mass is 32.2. The zero-order valence-corrected chi connectivity index (χ0v) is 15.1. The minimum Gasteiger partial charge on any atom is -0.381 e. The molecule has 5 heteroatoms. The minimum atomic E-state index is 0.252. The molecule has 22 heavy (non-hydrogen) atoms. The van der Waals surface area contributed by atoms with Crippen LogP contribution in [0.25, 0.3) is 0 Å². The first kappa shape index (κ1) is 18.1. The van der Waals surface area contributed by atoms with Crippen LogP contribution in [0, 0.1) is 0 Å². The van der Waals surface area contributed by atoms with Gasteiger partial charge >= 0.3 is 0 Å². The van der Waals surface area contributed by atoms with Crippen LogP contribution in [0.4, 0.5) is 0 Å². The number of hydrogen-bond acceptors (Lipinski definition) is 4. The quantitative estimate of drug-likeness (QED) is 0.814. The Balaban J connectivity index is 1.74. The van der Waals surface area contributed by atoms with Crippen LogP contribution in [-0.4, -0.2) is 60.7 Å². The first-order valence-electron chi connectivity index (χ1n) is 8.79. The third-order valence-electron chi connectivity index (χ3n) is 5.05. The molecule has 0 aromatic rings. The Kier molecular flexibility index (Phi) is 7.51. The number of nitrogens with one attached hydrogen (secondary N) is 1. The molecule has 2 saturated heterocycles. The first-order valence-corrected chi connectivity index (χ1v) is 10.0. The second-order valence-electron chi connectivity index (χ2n) is 6.78. The molecule has 2 fully saturated rings. The van der Waals surface area contributed by atoms with Crippen molar-refractivity contribution in [2.45, 2.75) is 62.7 Å². The molecule has 1 N–H and O–H groups in total. The predicted molar refractivity (Wildman–Crippen MR) is 93.4 cm³/mol. The molecule has 0 aromatic heterocycles. The van der Waals surface area contributed by atoms with Crippen LogP contribution in [0.1, 0.15) is 51.9 Å². The summed E-state index contributed by atoms with van der Waals surface area (Å²) in [5, 5.41) is 3.61. The third-order valence-corrected chi connectivity index (χ3v) is 6.47. The Hall–Kier alpha value is -0.260. The lowest BCUT2D eigenvalue weighted by Gasteiger charge is -2.37. The highest BCUT2D eigenvalue weighted by Gasteiger charge is 2.32. The van der Waals surface area contributed by atoms with Crippen molar-refractivity contribution in [3.63, 3.8) is 0 Å². The van der Waals surface area contributed by atoms with E-state index in [1.165, 1.54) is 25.7 Å². The van der Waals surface area contributed by atoms with Gasteiger partial charge in [-0.3, -0.25) is 4.79 Å². The fraction of sp³-hybridized carbons (Fsp3) is 0.941. The molecular weight excluding hydrogens is 296 g/mol.